The van der Waals surface area contributed by atoms with E-state index in [2.05, 4.69) is 10.6 Å². The van der Waals surface area contributed by atoms with Crippen LogP contribution < -0.4 is 10.6 Å². The second-order valence-electron chi connectivity index (χ2n) is 5.74. The fourth-order valence-corrected chi connectivity index (χ4v) is 2.03. The highest BCUT2D eigenvalue weighted by Gasteiger charge is 2.27. The van der Waals surface area contributed by atoms with E-state index in [0.29, 0.717) is 6.54 Å². The van der Waals surface area contributed by atoms with E-state index in [-0.39, 0.29) is 25.6 Å². The Labute approximate surface area is 130 Å². The Bertz CT molecular complexity index is 478. The van der Waals surface area contributed by atoms with Crippen LogP contribution in [0.2, 0.25) is 0 Å². The van der Waals surface area contributed by atoms with Gasteiger partial charge in [0.1, 0.15) is 0 Å². The van der Waals surface area contributed by atoms with E-state index in [1.54, 1.807) is 6.92 Å². The highest BCUT2D eigenvalue weighted by Crippen LogP contribution is 2.19. The van der Waals surface area contributed by atoms with Crippen molar-refractivity contribution in [2.24, 2.45) is 5.41 Å². The van der Waals surface area contributed by atoms with Gasteiger partial charge in [-0.1, -0.05) is 37.3 Å². The lowest BCUT2D eigenvalue weighted by atomic mass is 9.88. The van der Waals surface area contributed by atoms with E-state index in [9.17, 15) is 14.7 Å². The molecule has 0 aliphatic carbocycles. The van der Waals surface area contributed by atoms with Crippen LogP contribution in [0.25, 0.3) is 0 Å². The molecule has 0 spiro atoms. The van der Waals surface area contributed by atoms with Crippen LogP contribution in [0.5, 0.6) is 0 Å². The van der Waals surface area contributed by atoms with Gasteiger partial charge in [-0.3, -0.25) is 4.79 Å². The average molecular weight is 308 g/mol. The molecule has 1 rings (SSSR count). The molecular formula is C16H24N2O4. The number of aliphatic hydroxyl groups excluding tert-OH is 1. The minimum Gasteiger partial charge on any atom is -0.481 e. The van der Waals surface area contributed by atoms with E-state index >= 15 is 0 Å². The van der Waals surface area contributed by atoms with Crippen LogP contribution in [0.4, 0.5) is 4.79 Å². The Hall–Kier alpha value is -2.08. The number of aliphatic carboxylic acids is 1. The Kier molecular flexibility index (Phi) is 7.39. The van der Waals surface area contributed by atoms with Crippen molar-refractivity contribution in [2.45, 2.75) is 26.2 Å². The van der Waals surface area contributed by atoms with Crippen molar-refractivity contribution in [1.29, 1.82) is 0 Å². The summed E-state index contributed by atoms with van der Waals surface area (Å²) in [6.45, 7) is 1.97. The summed E-state index contributed by atoms with van der Waals surface area (Å²) in [5, 5.41) is 23.4. The molecule has 0 heterocycles. The van der Waals surface area contributed by atoms with E-state index < -0.39 is 11.4 Å². The standard InChI is InChI=1S/C16H24N2O4/c1-16(12-19,10-14(20)21)11-18-15(22)17-9-5-8-13-6-3-2-4-7-13/h2-4,6-7,19H,5,8-12H2,1H3,(H,20,21)(H2,17,18,22). The average Bonchev–Trinajstić information content (AvgIpc) is 2.50. The maximum absolute atomic E-state index is 11.7. The molecule has 4 N–H and O–H groups in total. The number of amides is 2. The number of rotatable bonds is 9. The molecule has 1 aromatic rings. The van der Waals surface area contributed by atoms with Crippen molar-refractivity contribution in [1.82, 2.24) is 10.6 Å². The number of nitrogens with one attached hydrogen (secondary N) is 2. The van der Waals surface area contributed by atoms with Gasteiger partial charge in [0.15, 0.2) is 0 Å². The number of urea groups is 1. The van der Waals surface area contributed by atoms with Crippen molar-refractivity contribution in [3.8, 4) is 0 Å². The molecule has 22 heavy (non-hydrogen) atoms. The molecule has 122 valence electrons. The van der Waals surface area contributed by atoms with Gasteiger partial charge < -0.3 is 20.8 Å². The number of aliphatic hydroxyl groups is 1. The third-order valence-corrected chi connectivity index (χ3v) is 3.41. The summed E-state index contributed by atoms with van der Waals surface area (Å²) in [5.41, 5.74) is 0.367. The molecule has 1 atom stereocenters. The number of carboxylic acids is 1. The zero-order valence-corrected chi connectivity index (χ0v) is 12.8. The van der Waals surface area contributed by atoms with Gasteiger partial charge >= 0.3 is 12.0 Å². The third kappa shape index (κ3) is 7.08. The van der Waals surface area contributed by atoms with Gasteiger partial charge in [0.05, 0.1) is 13.0 Å². The van der Waals surface area contributed by atoms with Crippen molar-refractivity contribution in [3.05, 3.63) is 35.9 Å². The summed E-state index contributed by atoms with van der Waals surface area (Å²) in [4.78, 5) is 22.4. The molecule has 0 aromatic heterocycles. The predicted molar refractivity (Wildman–Crippen MR) is 83.6 cm³/mol. The van der Waals surface area contributed by atoms with Crippen molar-refractivity contribution >= 4 is 12.0 Å². The van der Waals surface area contributed by atoms with E-state index in [1.807, 2.05) is 30.3 Å². The predicted octanol–water partition coefficient (Wildman–Crippen LogP) is 1.39. The maximum Gasteiger partial charge on any atom is 0.314 e. The number of carbonyl (C=O) groups excluding carboxylic acids is 1. The molecule has 6 heteroatoms. The topological polar surface area (TPSA) is 98.7 Å². The molecule has 1 aromatic carbocycles. The first-order valence-electron chi connectivity index (χ1n) is 7.33. The molecule has 1 unspecified atom stereocenters. The largest absolute Gasteiger partial charge is 0.481 e. The van der Waals surface area contributed by atoms with E-state index in [1.165, 1.54) is 5.56 Å². The first kappa shape index (κ1) is 18.0. The summed E-state index contributed by atoms with van der Waals surface area (Å²) >= 11 is 0. The third-order valence-electron chi connectivity index (χ3n) is 3.41. The zero-order valence-electron chi connectivity index (χ0n) is 12.8. The number of carboxylic acid groups (broad SMARTS) is 1. The monoisotopic (exact) mass is 308 g/mol. The summed E-state index contributed by atoms with van der Waals surface area (Å²) in [6.07, 6.45) is 1.51. The van der Waals surface area contributed by atoms with Crippen molar-refractivity contribution < 1.29 is 19.8 Å². The lowest BCUT2D eigenvalue weighted by molar-refractivity contribution is -0.140. The summed E-state index contributed by atoms with van der Waals surface area (Å²) in [5.74, 6) is -0.999. The summed E-state index contributed by atoms with van der Waals surface area (Å²) in [7, 11) is 0. The molecule has 0 fully saturated rings. The minimum atomic E-state index is -0.999. The highest BCUT2D eigenvalue weighted by molar-refractivity contribution is 5.74. The second-order valence-corrected chi connectivity index (χ2v) is 5.74. The van der Waals surface area contributed by atoms with Crippen molar-refractivity contribution in [3.63, 3.8) is 0 Å². The SMILES string of the molecule is CC(CO)(CNC(=O)NCCCc1ccccc1)CC(=O)O. The minimum absolute atomic E-state index is 0.111. The fourth-order valence-electron chi connectivity index (χ4n) is 2.03. The number of hydrogen-bond donors (Lipinski definition) is 4. The van der Waals surface area contributed by atoms with Gasteiger partial charge in [0.25, 0.3) is 0 Å². The van der Waals surface area contributed by atoms with Crippen LogP contribution in [0.3, 0.4) is 0 Å². The summed E-state index contributed by atoms with van der Waals surface area (Å²) < 4.78 is 0. The highest BCUT2D eigenvalue weighted by atomic mass is 16.4. The van der Waals surface area contributed by atoms with Crippen LogP contribution in [0.15, 0.2) is 30.3 Å². The first-order chi connectivity index (χ1) is 10.4. The molecule has 6 nitrogen and oxygen atoms in total. The van der Waals surface area contributed by atoms with Crippen LogP contribution >= 0.6 is 0 Å². The smallest absolute Gasteiger partial charge is 0.314 e. The van der Waals surface area contributed by atoms with Crippen molar-refractivity contribution in [2.75, 3.05) is 19.7 Å². The lowest BCUT2D eigenvalue weighted by Gasteiger charge is -2.25. The van der Waals surface area contributed by atoms with Gasteiger partial charge in [0.2, 0.25) is 0 Å². The van der Waals surface area contributed by atoms with Gasteiger partial charge in [0, 0.05) is 18.5 Å². The van der Waals surface area contributed by atoms with Crippen LogP contribution in [-0.2, 0) is 11.2 Å². The Morgan fingerprint density at radius 2 is 1.86 bits per heavy atom. The molecule has 0 aliphatic heterocycles. The molecule has 0 saturated heterocycles. The number of hydrogen-bond acceptors (Lipinski definition) is 3. The molecule has 2 amide bonds. The number of aryl methyl sites for hydroxylation is 1. The first-order valence-corrected chi connectivity index (χ1v) is 7.33. The molecule has 0 radical (unpaired) electrons. The van der Waals surface area contributed by atoms with Gasteiger partial charge in [-0.25, -0.2) is 4.79 Å². The lowest BCUT2D eigenvalue weighted by Crippen LogP contribution is -2.44. The van der Waals surface area contributed by atoms with Gasteiger partial charge in [-0.15, -0.1) is 0 Å². The fraction of sp³-hybridized carbons (Fsp3) is 0.500. The molecule has 0 saturated carbocycles. The number of benzene rings is 1. The van der Waals surface area contributed by atoms with E-state index in [0.717, 1.165) is 12.8 Å². The van der Waals surface area contributed by atoms with E-state index in [4.69, 9.17) is 5.11 Å². The second kappa shape index (κ2) is 9.04. The van der Waals surface area contributed by atoms with Crippen LogP contribution in [0, 0.1) is 5.41 Å². The van der Waals surface area contributed by atoms with Gasteiger partial charge in [-0.2, -0.15) is 0 Å². The Balaban J connectivity index is 2.21. The summed E-state index contributed by atoms with van der Waals surface area (Å²) in [6, 6.07) is 9.65. The Morgan fingerprint density at radius 3 is 2.45 bits per heavy atom. The normalized spacial score (nSPS) is 13.2. The number of carbonyl (C=O) groups is 2. The molecule has 0 aliphatic rings. The molecule has 0 bridgehead atoms. The quantitative estimate of drug-likeness (QED) is 0.518. The zero-order chi connectivity index (χ0) is 16.4. The maximum atomic E-state index is 11.7. The van der Waals surface area contributed by atoms with Crippen LogP contribution in [0.1, 0.15) is 25.3 Å². The molecular weight excluding hydrogens is 284 g/mol. The van der Waals surface area contributed by atoms with Gasteiger partial charge in [-0.05, 0) is 18.4 Å². The Morgan fingerprint density at radius 1 is 1.18 bits per heavy atom. The van der Waals surface area contributed by atoms with Crippen LogP contribution in [-0.4, -0.2) is 41.9 Å².